The number of carboxylic acids is 1. The number of carboxylic acid groups (broad SMARTS) is 1. The Morgan fingerprint density at radius 1 is 1.00 bits per heavy atom. The molecular weight excluding hydrogens is 418 g/mol. The van der Waals surface area contributed by atoms with Crippen LogP contribution in [0.2, 0.25) is 5.02 Å². The highest BCUT2D eigenvalue weighted by atomic mass is 35.5. The second-order valence-corrected chi connectivity index (χ2v) is 7.09. The predicted molar refractivity (Wildman–Crippen MR) is 121 cm³/mol. The summed E-state index contributed by atoms with van der Waals surface area (Å²) in [4.78, 5) is 11.3. The van der Waals surface area contributed by atoms with Crippen molar-refractivity contribution in [3.63, 3.8) is 0 Å². The van der Waals surface area contributed by atoms with E-state index in [0.717, 1.165) is 11.1 Å². The summed E-state index contributed by atoms with van der Waals surface area (Å²) in [5.74, 6) is 0.576. The van der Waals surface area contributed by atoms with Crippen LogP contribution >= 0.6 is 11.6 Å². The average Bonchev–Trinajstić information content (AvgIpc) is 2.77. The zero-order valence-corrected chi connectivity index (χ0v) is 18.1. The Bertz CT molecular complexity index is 1040. The summed E-state index contributed by atoms with van der Waals surface area (Å²) in [6.07, 6.45) is 0. The predicted octanol–water partition coefficient (Wildman–Crippen LogP) is 5.64. The zero-order valence-electron chi connectivity index (χ0n) is 17.4. The Morgan fingerprint density at radius 3 is 2.45 bits per heavy atom. The van der Waals surface area contributed by atoms with E-state index in [1.54, 1.807) is 12.1 Å². The number of methoxy groups -OCH3 is 1. The maximum absolute atomic E-state index is 11.3. The smallest absolute Gasteiger partial charge is 0.335 e. The van der Waals surface area contributed by atoms with Crippen LogP contribution in [-0.2, 0) is 13.2 Å². The lowest BCUT2D eigenvalue weighted by atomic mass is 10.1. The molecule has 0 aliphatic carbocycles. The van der Waals surface area contributed by atoms with Gasteiger partial charge in [0.15, 0.2) is 11.5 Å². The fourth-order valence-corrected chi connectivity index (χ4v) is 3.32. The molecule has 7 heteroatoms. The van der Waals surface area contributed by atoms with E-state index >= 15 is 0 Å². The van der Waals surface area contributed by atoms with Crippen molar-refractivity contribution in [2.24, 2.45) is 0 Å². The molecular formula is C24H24ClNO5. The van der Waals surface area contributed by atoms with Crippen molar-refractivity contribution < 1.29 is 24.1 Å². The largest absolute Gasteiger partial charge is 0.495 e. The van der Waals surface area contributed by atoms with Gasteiger partial charge in [-0.3, -0.25) is 0 Å². The van der Waals surface area contributed by atoms with Crippen molar-refractivity contribution in [1.29, 1.82) is 0 Å². The summed E-state index contributed by atoms with van der Waals surface area (Å²) in [5.41, 5.74) is 2.61. The second-order valence-electron chi connectivity index (χ2n) is 6.69. The van der Waals surface area contributed by atoms with Gasteiger partial charge >= 0.3 is 5.97 Å². The molecule has 0 unspecified atom stereocenters. The lowest BCUT2D eigenvalue weighted by molar-refractivity contribution is 0.0697. The maximum atomic E-state index is 11.3. The Kier molecular flexibility index (Phi) is 7.62. The standard InChI is InChI=1S/C24H24ClNO5/c1-3-30-22-12-17(11-19(25)23(22)31-15-16-7-5-4-6-8-16)14-26-20-13-18(24(27)28)9-10-21(20)29-2/h4-13,26H,3,14-15H2,1-2H3,(H,27,28). The third-order valence-corrected chi connectivity index (χ3v) is 4.81. The van der Waals surface area contributed by atoms with E-state index in [9.17, 15) is 9.90 Å². The molecule has 0 aliphatic heterocycles. The zero-order chi connectivity index (χ0) is 22.2. The van der Waals surface area contributed by atoms with Gasteiger partial charge in [-0.15, -0.1) is 0 Å². The normalized spacial score (nSPS) is 10.4. The summed E-state index contributed by atoms with van der Waals surface area (Å²) in [5, 5.41) is 12.9. The third-order valence-electron chi connectivity index (χ3n) is 4.52. The van der Waals surface area contributed by atoms with Gasteiger partial charge in [0.1, 0.15) is 12.4 Å². The minimum atomic E-state index is -1.01. The van der Waals surface area contributed by atoms with Crippen LogP contribution in [0.15, 0.2) is 60.7 Å². The van der Waals surface area contributed by atoms with Crippen LogP contribution in [0.25, 0.3) is 0 Å². The van der Waals surface area contributed by atoms with Crippen molar-refractivity contribution in [3.8, 4) is 17.2 Å². The number of hydrogen-bond donors (Lipinski definition) is 2. The Balaban J connectivity index is 1.79. The molecule has 0 spiro atoms. The van der Waals surface area contributed by atoms with Crippen LogP contribution in [0.4, 0.5) is 5.69 Å². The molecule has 0 radical (unpaired) electrons. The van der Waals surface area contributed by atoms with Crippen LogP contribution in [-0.4, -0.2) is 24.8 Å². The minimum Gasteiger partial charge on any atom is -0.495 e. The summed E-state index contributed by atoms with van der Waals surface area (Å²) in [6, 6.07) is 18.1. The van der Waals surface area contributed by atoms with Crippen molar-refractivity contribution in [3.05, 3.63) is 82.4 Å². The summed E-state index contributed by atoms with van der Waals surface area (Å²) in [6.45, 7) is 3.11. The molecule has 0 aromatic heterocycles. The molecule has 3 rings (SSSR count). The summed E-state index contributed by atoms with van der Waals surface area (Å²) < 4.78 is 17.0. The van der Waals surface area contributed by atoms with Gasteiger partial charge in [0.2, 0.25) is 0 Å². The molecule has 0 saturated carbocycles. The first-order valence-corrected chi connectivity index (χ1v) is 10.2. The van der Waals surface area contributed by atoms with E-state index in [2.05, 4.69) is 5.32 Å². The molecule has 0 atom stereocenters. The topological polar surface area (TPSA) is 77.0 Å². The lowest BCUT2D eigenvalue weighted by Crippen LogP contribution is -2.06. The van der Waals surface area contributed by atoms with Gasteiger partial charge in [-0.25, -0.2) is 4.79 Å². The highest BCUT2D eigenvalue weighted by Gasteiger charge is 2.14. The number of halogens is 1. The molecule has 3 aromatic rings. The van der Waals surface area contributed by atoms with Gasteiger partial charge in [0.05, 0.1) is 30.0 Å². The lowest BCUT2D eigenvalue weighted by Gasteiger charge is -2.17. The number of rotatable bonds is 10. The number of benzene rings is 3. The summed E-state index contributed by atoms with van der Waals surface area (Å²) >= 11 is 6.51. The number of hydrogen-bond acceptors (Lipinski definition) is 5. The van der Waals surface area contributed by atoms with Crippen LogP contribution in [0.5, 0.6) is 17.2 Å². The van der Waals surface area contributed by atoms with Crippen LogP contribution in [0, 0.1) is 0 Å². The molecule has 0 aliphatic rings. The molecule has 6 nitrogen and oxygen atoms in total. The Labute approximate surface area is 186 Å². The minimum absolute atomic E-state index is 0.168. The molecule has 162 valence electrons. The molecule has 0 fully saturated rings. The van der Waals surface area contributed by atoms with Crippen LogP contribution in [0.1, 0.15) is 28.4 Å². The monoisotopic (exact) mass is 441 g/mol. The first-order chi connectivity index (χ1) is 15.0. The van der Waals surface area contributed by atoms with Gasteiger partial charge in [-0.05, 0) is 48.4 Å². The van der Waals surface area contributed by atoms with E-state index < -0.39 is 5.97 Å². The quantitative estimate of drug-likeness (QED) is 0.424. The number of nitrogens with one attached hydrogen (secondary N) is 1. The van der Waals surface area contributed by atoms with E-state index in [0.29, 0.717) is 47.7 Å². The van der Waals surface area contributed by atoms with Crippen molar-refractivity contribution in [2.45, 2.75) is 20.1 Å². The van der Waals surface area contributed by atoms with E-state index in [1.165, 1.54) is 19.2 Å². The second kappa shape index (κ2) is 10.6. The number of carbonyl (C=O) groups is 1. The fourth-order valence-electron chi connectivity index (χ4n) is 3.03. The van der Waals surface area contributed by atoms with Gasteiger partial charge in [0, 0.05) is 6.54 Å². The number of aromatic carboxylic acids is 1. The summed E-state index contributed by atoms with van der Waals surface area (Å²) in [7, 11) is 1.53. The van der Waals surface area contributed by atoms with Gasteiger partial charge in [-0.1, -0.05) is 41.9 Å². The molecule has 3 aromatic carbocycles. The molecule has 0 heterocycles. The van der Waals surface area contributed by atoms with Gasteiger partial charge < -0.3 is 24.6 Å². The van der Waals surface area contributed by atoms with E-state index in [4.69, 9.17) is 25.8 Å². The first kappa shape index (κ1) is 22.3. The van der Waals surface area contributed by atoms with Gasteiger partial charge in [-0.2, -0.15) is 0 Å². The van der Waals surface area contributed by atoms with Crippen molar-refractivity contribution >= 4 is 23.3 Å². The first-order valence-electron chi connectivity index (χ1n) is 9.79. The Morgan fingerprint density at radius 2 is 1.77 bits per heavy atom. The molecule has 0 amide bonds. The van der Waals surface area contributed by atoms with Crippen molar-refractivity contribution in [1.82, 2.24) is 0 Å². The third kappa shape index (κ3) is 5.83. The highest BCUT2D eigenvalue weighted by Crippen LogP contribution is 2.37. The van der Waals surface area contributed by atoms with Gasteiger partial charge in [0.25, 0.3) is 0 Å². The number of anilines is 1. The fraction of sp³-hybridized carbons (Fsp3) is 0.208. The Hall–Kier alpha value is -3.38. The van der Waals surface area contributed by atoms with Crippen LogP contribution < -0.4 is 19.5 Å². The molecule has 0 bridgehead atoms. The van der Waals surface area contributed by atoms with E-state index in [-0.39, 0.29) is 5.56 Å². The molecule has 31 heavy (non-hydrogen) atoms. The van der Waals surface area contributed by atoms with Crippen LogP contribution in [0.3, 0.4) is 0 Å². The number of ether oxygens (including phenoxy) is 3. The highest BCUT2D eigenvalue weighted by molar-refractivity contribution is 6.32. The molecule has 2 N–H and O–H groups in total. The molecule has 0 saturated heterocycles. The van der Waals surface area contributed by atoms with Crippen molar-refractivity contribution in [2.75, 3.05) is 19.0 Å². The SMILES string of the molecule is CCOc1cc(CNc2cc(C(=O)O)ccc2OC)cc(Cl)c1OCc1ccccc1. The average molecular weight is 442 g/mol. The maximum Gasteiger partial charge on any atom is 0.335 e. The van der Waals surface area contributed by atoms with E-state index in [1.807, 2.05) is 43.3 Å².